The van der Waals surface area contributed by atoms with Crippen molar-refractivity contribution in [1.82, 2.24) is 0 Å². The summed E-state index contributed by atoms with van der Waals surface area (Å²) in [6.07, 6.45) is 0. The first-order valence-electron chi connectivity index (χ1n) is 3.58. The van der Waals surface area contributed by atoms with Crippen LogP contribution >= 0.6 is 38.5 Å². The van der Waals surface area contributed by atoms with Crippen LogP contribution in [0.5, 0.6) is 0 Å². The van der Waals surface area contributed by atoms with Gasteiger partial charge in [0.05, 0.1) is 17.0 Å². The van der Waals surface area contributed by atoms with E-state index in [1.807, 2.05) is 0 Å². The molecule has 0 radical (unpaired) electrons. The molecule has 0 atom stereocenters. The molecule has 0 saturated heterocycles. The Hall–Kier alpha value is -0.480. The molecule has 0 bridgehead atoms. The van der Waals surface area contributed by atoms with Gasteiger partial charge in [-0.3, -0.25) is 4.79 Å². The van der Waals surface area contributed by atoms with Crippen LogP contribution in [0, 0.1) is 20.7 Å². The topological polar surface area (TPSA) is 40.9 Å². The number of ketones is 1. The molecule has 0 N–H and O–H groups in total. The Morgan fingerprint density at radius 2 is 2.29 bits per heavy atom. The fourth-order valence-electron chi connectivity index (χ4n) is 0.942. The lowest BCUT2D eigenvalue weighted by Gasteiger charge is -2.02. The van der Waals surface area contributed by atoms with Crippen molar-refractivity contribution in [3.05, 3.63) is 32.6 Å². The van der Waals surface area contributed by atoms with Crippen molar-refractivity contribution >= 4 is 44.3 Å². The van der Waals surface area contributed by atoms with Crippen LogP contribution in [0.25, 0.3) is 0 Å². The molecule has 0 saturated carbocycles. The van der Waals surface area contributed by atoms with Gasteiger partial charge in [-0.05, 0) is 34.7 Å². The molecule has 0 spiro atoms. The molecule has 14 heavy (non-hydrogen) atoms. The fourth-order valence-corrected chi connectivity index (χ4v) is 1.71. The van der Waals surface area contributed by atoms with E-state index >= 15 is 0 Å². The zero-order valence-electron chi connectivity index (χ0n) is 6.85. The van der Waals surface area contributed by atoms with Crippen molar-refractivity contribution in [3.63, 3.8) is 0 Å². The Morgan fingerprint density at radius 1 is 1.64 bits per heavy atom. The Kier molecular flexibility index (Phi) is 4.01. The van der Waals surface area contributed by atoms with Gasteiger partial charge in [0, 0.05) is 9.13 Å². The van der Waals surface area contributed by atoms with Gasteiger partial charge in [-0.1, -0.05) is 15.9 Å². The summed E-state index contributed by atoms with van der Waals surface area (Å²) in [6.45, 7) is 0. The zero-order chi connectivity index (χ0) is 10.7. The number of benzene rings is 1. The molecule has 0 heterocycles. The maximum absolute atomic E-state index is 13.0. The molecule has 0 aliphatic heterocycles. The molecule has 1 aromatic carbocycles. The van der Waals surface area contributed by atoms with E-state index in [-0.39, 0.29) is 22.2 Å². The number of rotatable bonds is 2. The first kappa shape index (κ1) is 11.6. The first-order valence-corrected chi connectivity index (χ1v) is 5.78. The number of carbonyl (C=O) groups is 1. The number of nitrogens with zero attached hydrogens (tertiary/aromatic N) is 1. The van der Waals surface area contributed by atoms with Gasteiger partial charge < -0.3 is 0 Å². The van der Waals surface area contributed by atoms with Gasteiger partial charge >= 0.3 is 0 Å². The van der Waals surface area contributed by atoms with Crippen molar-refractivity contribution in [3.8, 4) is 6.07 Å². The summed E-state index contributed by atoms with van der Waals surface area (Å²) in [5.74, 6) is -0.701. The minimum atomic E-state index is -0.478. The molecule has 2 nitrogen and oxygen atoms in total. The Labute approximate surface area is 102 Å². The second-order valence-corrected chi connectivity index (χ2v) is 4.20. The zero-order valence-corrected chi connectivity index (χ0v) is 10.6. The lowest BCUT2D eigenvalue weighted by atomic mass is 10.1. The second-order valence-electron chi connectivity index (χ2n) is 2.48. The predicted molar refractivity (Wildman–Crippen MR) is 62.0 cm³/mol. The third-order valence-corrected chi connectivity index (χ3v) is 2.94. The Morgan fingerprint density at radius 3 is 2.79 bits per heavy atom. The lowest BCUT2D eigenvalue weighted by molar-refractivity contribution is 0.102. The highest BCUT2D eigenvalue weighted by Gasteiger charge is 2.13. The molecule has 0 aliphatic carbocycles. The summed E-state index contributed by atoms with van der Waals surface area (Å²) in [5, 5.41) is 8.82. The minimum Gasteiger partial charge on any atom is -0.293 e. The van der Waals surface area contributed by atoms with Crippen LogP contribution in [0.2, 0.25) is 0 Å². The van der Waals surface area contributed by atoms with Crippen molar-refractivity contribution in [2.45, 2.75) is 0 Å². The van der Waals surface area contributed by atoms with E-state index in [0.717, 1.165) is 6.07 Å². The Balaban J connectivity index is 3.36. The molecule has 1 rings (SSSR count). The summed E-state index contributed by atoms with van der Waals surface area (Å²) in [4.78, 5) is 11.3. The van der Waals surface area contributed by atoms with Crippen LogP contribution in [0.4, 0.5) is 4.39 Å². The molecule has 0 fully saturated rings. The molecule has 0 amide bonds. The van der Waals surface area contributed by atoms with Crippen molar-refractivity contribution in [2.24, 2.45) is 0 Å². The SMILES string of the molecule is N#Cc1cc(F)c(I)cc1C(=O)CBr. The van der Waals surface area contributed by atoms with Gasteiger partial charge in [0.1, 0.15) is 5.82 Å². The van der Waals surface area contributed by atoms with E-state index in [0.29, 0.717) is 3.57 Å². The molecule has 72 valence electrons. The molecule has 0 aliphatic rings. The highest BCUT2D eigenvalue weighted by molar-refractivity contribution is 14.1. The summed E-state index contributed by atoms with van der Waals surface area (Å²) < 4.78 is 13.4. The van der Waals surface area contributed by atoms with Gasteiger partial charge in [0.2, 0.25) is 0 Å². The monoisotopic (exact) mass is 367 g/mol. The van der Waals surface area contributed by atoms with Gasteiger partial charge in [-0.25, -0.2) is 4.39 Å². The molecular weight excluding hydrogens is 364 g/mol. The van der Waals surface area contributed by atoms with E-state index in [1.54, 1.807) is 28.7 Å². The first-order chi connectivity index (χ1) is 6.60. The van der Waals surface area contributed by atoms with E-state index in [2.05, 4.69) is 15.9 Å². The number of alkyl halides is 1. The standard InChI is InChI=1S/C9H4BrFINO/c10-3-9(14)6-2-8(12)7(11)1-5(6)4-13/h1-2H,3H2. The average Bonchev–Trinajstić information content (AvgIpc) is 2.20. The van der Waals surface area contributed by atoms with Gasteiger partial charge in [-0.2, -0.15) is 5.26 Å². The fraction of sp³-hybridized carbons (Fsp3) is 0.111. The quantitative estimate of drug-likeness (QED) is 0.458. The van der Waals surface area contributed by atoms with E-state index < -0.39 is 5.82 Å². The van der Waals surface area contributed by atoms with E-state index in [9.17, 15) is 9.18 Å². The highest BCUT2D eigenvalue weighted by atomic mass is 127. The van der Waals surface area contributed by atoms with Crippen molar-refractivity contribution < 1.29 is 9.18 Å². The van der Waals surface area contributed by atoms with Crippen LogP contribution < -0.4 is 0 Å². The van der Waals surface area contributed by atoms with Gasteiger partial charge in [-0.15, -0.1) is 0 Å². The normalized spacial score (nSPS) is 9.57. The van der Waals surface area contributed by atoms with Crippen molar-refractivity contribution in [2.75, 3.05) is 5.33 Å². The molecule has 5 heteroatoms. The number of Topliss-reactive ketones (excluding diaryl/α,β-unsaturated/α-hetero) is 1. The van der Waals surface area contributed by atoms with Crippen LogP contribution in [0.3, 0.4) is 0 Å². The van der Waals surface area contributed by atoms with Crippen molar-refractivity contribution in [1.29, 1.82) is 5.26 Å². The molecule has 0 unspecified atom stereocenters. The molecular formula is C9H4BrFINO. The number of carbonyl (C=O) groups excluding carboxylic acids is 1. The third-order valence-electron chi connectivity index (χ3n) is 1.60. The number of halogens is 3. The lowest BCUT2D eigenvalue weighted by Crippen LogP contribution is -2.04. The number of hydrogen-bond donors (Lipinski definition) is 0. The maximum Gasteiger partial charge on any atom is 0.174 e. The average molecular weight is 368 g/mol. The summed E-state index contributed by atoms with van der Waals surface area (Å²) in [7, 11) is 0. The summed E-state index contributed by atoms with van der Waals surface area (Å²) >= 11 is 4.78. The minimum absolute atomic E-state index is 0.0763. The molecule has 0 aromatic heterocycles. The van der Waals surface area contributed by atoms with Gasteiger partial charge in [0.25, 0.3) is 0 Å². The van der Waals surface area contributed by atoms with Crippen LogP contribution in [-0.4, -0.2) is 11.1 Å². The third kappa shape index (κ3) is 2.30. The smallest absolute Gasteiger partial charge is 0.174 e. The largest absolute Gasteiger partial charge is 0.293 e. The number of hydrogen-bond acceptors (Lipinski definition) is 2. The summed E-state index contributed by atoms with van der Waals surface area (Å²) in [6, 6.07) is 4.26. The van der Waals surface area contributed by atoms with Crippen LogP contribution in [-0.2, 0) is 0 Å². The van der Waals surface area contributed by atoms with Gasteiger partial charge in [0.15, 0.2) is 5.78 Å². The summed E-state index contributed by atoms with van der Waals surface area (Å²) in [5.41, 5.74) is 0.336. The maximum atomic E-state index is 13.0. The second kappa shape index (κ2) is 4.84. The van der Waals surface area contributed by atoms with Crippen LogP contribution in [0.15, 0.2) is 12.1 Å². The predicted octanol–water partition coefficient (Wildman–Crippen LogP) is 2.88. The number of nitriles is 1. The molecule has 1 aromatic rings. The van der Waals surface area contributed by atoms with E-state index in [1.165, 1.54) is 6.07 Å². The van der Waals surface area contributed by atoms with E-state index in [4.69, 9.17) is 5.26 Å². The van der Waals surface area contributed by atoms with Crippen LogP contribution in [0.1, 0.15) is 15.9 Å². The highest BCUT2D eigenvalue weighted by Crippen LogP contribution is 2.18. The Bertz CT molecular complexity index is 428.